The summed E-state index contributed by atoms with van der Waals surface area (Å²) in [4.78, 5) is 3.33. The summed E-state index contributed by atoms with van der Waals surface area (Å²) in [6, 6.07) is 8.59. The minimum Gasteiger partial charge on any atom is -0.280 e. The zero-order valence-corrected chi connectivity index (χ0v) is 15.0. The number of anilines is 1. The van der Waals surface area contributed by atoms with Gasteiger partial charge in [0, 0.05) is 12.3 Å². The molecule has 1 aromatic heterocycles. The van der Waals surface area contributed by atoms with Crippen molar-refractivity contribution in [2.75, 3.05) is 11.0 Å². The summed E-state index contributed by atoms with van der Waals surface area (Å²) in [5.74, 6) is -0.708. The Morgan fingerprint density at radius 3 is 2.38 bits per heavy atom. The lowest BCUT2D eigenvalue weighted by atomic mass is 10.3. The summed E-state index contributed by atoms with van der Waals surface area (Å²) >= 11 is 0. The van der Waals surface area contributed by atoms with E-state index in [0.29, 0.717) is 0 Å². The Balaban J connectivity index is 1.92. The minimum absolute atomic E-state index is 0.0175. The van der Waals surface area contributed by atoms with Crippen LogP contribution in [0.15, 0.2) is 64.9 Å². The van der Waals surface area contributed by atoms with Crippen LogP contribution in [0.4, 0.5) is 10.1 Å². The highest BCUT2D eigenvalue weighted by atomic mass is 32.2. The second-order valence-electron chi connectivity index (χ2n) is 5.36. The molecule has 2 aromatic carbocycles. The Bertz CT molecular complexity index is 1160. The average Bonchev–Trinajstić information content (AvgIpc) is 3.08. The van der Waals surface area contributed by atoms with Crippen LogP contribution in [0.1, 0.15) is 0 Å². The van der Waals surface area contributed by atoms with Gasteiger partial charge in [-0.05, 0) is 30.3 Å². The molecular formula is C15H13FN4O4S2. The Morgan fingerprint density at radius 1 is 1.04 bits per heavy atom. The zero-order valence-electron chi connectivity index (χ0n) is 13.4. The first kappa shape index (κ1) is 18.0. The van der Waals surface area contributed by atoms with E-state index in [1.54, 1.807) is 0 Å². The number of sulfone groups is 1. The smallest absolute Gasteiger partial charge is 0.261 e. The molecular weight excluding hydrogens is 383 g/mol. The number of hydrogen-bond donors (Lipinski definition) is 1. The van der Waals surface area contributed by atoms with E-state index in [0.717, 1.165) is 18.4 Å². The van der Waals surface area contributed by atoms with Crippen molar-refractivity contribution in [3.05, 3.63) is 60.9 Å². The van der Waals surface area contributed by atoms with Crippen LogP contribution in [0.5, 0.6) is 0 Å². The van der Waals surface area contributed by atoms with Gasteiger partial charge in [-0.2, -0.15) is 5.10 Å². The summed E-state index contributed by atoms with van der Waals surface area (Å²) in [6.07, 6.45) is 3.52. The van der Waals surface area contributed by atoms with E-state index in [4.69, 9.17) is 0 Å². The maximum absolute atomic E-state index is 14.2. The summed E-state index contributed by atoms with van der Waals surface area (Å²) in [5.41, 5.74) is 0.0839. The number of nitrogens with one attached hydrogen (secondary N) is 1. The fourth-order valence-electron chi connectivity index (χ4n) is 2.17. The third kappa shape index (κ3) is 3.73. The molecule has 0 aliphatic heterocycles. The number of hydrogen-bond acceptors (Lipinski definition) is 6. The van der Waals surface area contributed by atoms with Crippen LogP contribution in [0.25, 0.3) is 5.69 Å². The normalized spacial score (nSPS) is 12.1. The highest BCUT2D eigenvalue weighted by Crippen LogP contribution is 2.22. The lowest BCUT2D eigenvalue weighted by Gasteiger charge is -2.10. The Hall–Kier alpha value is -2.79. The van der Waals surface area contributed by atoms with Crippen LogP contribution in [0.2, 0.25) is 0 Å². The summed E-state index contributed by atoms with van der Waals surface area (Å²) < 4.78 is 65.7. The van der Waals surface area contributed by atoms with E-state index in [1.807, 2.05) is 0 Å². The van der Waals surface area contributed by atoms with Crippen LogP contribution in [-0.4, -0.2) is 37.9 Å². The van der Waals surface area contributed by atoms with Gasteiger partial charge in [-0.15, -0.1) is 0 Å². The number of rotatable bonds is 5. The zero-order chi connectivity index (χ0) is 18.9. The molecule has 136 valence electrons. The monoisotopic (exact) mass is 396 g/mol. The molecule has 0 unspecified atom stereocenters. The van der Waals surface area contributed by atoms with Crippen LogP contribution < -0.4 is 4.72 Å². The molecule has 1 N–H and O–H groups in total. The first-order valence-corrected chi connectivity index (χ1v) is 10.5. The molecule has 8 nitrogen and oxygen atoms in total. The predicted octanol–water partition coefficient (Wildman–Crippen LogP) is 1.61. The Labute approximate surface area is 149 Å². The van der Waals surface area contributed by atoms with Crippen LogP contribution in [0.3, 0.4) is 0 Å². The second kappa shape index (κ2) is 6.50. The van der Waals surface area contributed by atoms with Gasteiger partial charge < -0.3 is 0 Å². The summed E-state index contributed by atoms with van der Waals surface area (Å²) in [6.45, 7) is 0. The van der Waals surface area contributed by atoms with Gasteiger partial charge in [0.15, 0.2) is 15.7 Å². The summed E-state index contributed by atoms with van der Waals surface area (Å²) in [5, 5.41) is 3.80. The fourth-order valence-corrected chi connectivity index (χ4v) is 4.01. The Morgan fingerprint density at radius 2 is 1.77 bits per heavy atom. The molecule has 11 heteroatoms. The maximum atomic E-state index is 14.2. The van der Waals surface area contributed by atoms with Gasteiger partial charge in [0.05, 0.1) is 15.5 Å². The van der Waals surface area contributed by atoms with Crippen molar-refractivity contribution >= 4 is 25.5 Å². The van der Waals surface area contributed by atoms with Crippen molar-refractivity contribution < 1.29 is 21.2 Å². The molecule has 0 fully saturated rings. The van der Waals surface area contributed by atoms with Gasteiger partial charge in [0.2, 0.25) is 0 Å². The molecule has 0 aliphatic carbocycles. The number of nitrogens with zero attached hydrogens (tertiary/aromatic N) is 3. The number of halogens is 1. The number of sulfonamides is 1. The standard InChI is InChI=1S/C15H13FN4O4S2/c1-25(21,22)12-3-2-4-13(8-12)26(23,24)19-11-5-6-15(14(16)7-11)20-10-17-9-18-20/h2-10,19H,1H3. The number of aromatic nitrogens is 3. The fraction of sp³-hybridized carbons (Fsp3) is 0.0667. The quantitative estimate of drug-likeness (QED) is 0.701. The van der Waals surface area contributed by atoms with E-state index in [1.165, 1.54) is 47.7 Å². The van der Waals surface area contributed by atoms with Crippen molar-refractivity contribution in [1.29, 1.82) is 0 Å². The minimum atomic E-state index is -4.10. The molecule has 0 atom stereocenters. The molecule has 0 radical (unpaired) electrons. The first-order valence-electron chi connectivity index (χ1n) is 7.14. The number of benzene rings is 2. The highest BCUT2D eigenvalue weighted by molar-refractivity contribution is 7.93. The van der Waals surface area contributed by atoms with Gasteiger partial charge in [0.25, 0.3) is 10.0 Å². The SMILES string of the molecule is CS(=O)(=O)c1cccc(S(=O)(=O)Nc2ccc(-n3cncn3)c(F)c2)c1. The van der Waals surface area contributed by atoms with Crippen molar-refractivity contribution in [2.24, 2.45) is 0 Å². The van der Waals surface area contributed by atoms with Crippen molar-refractivity contribution in [2.45, 2.75) is 9.79 Å². The second-order valence-corrected chi connectivity index (χ2v) is 9.06. The van der Waals surface area contributed by atoms with Crippen molar-refractivity contribution in [3.8, 4) is 5.69 Å². The molecule has 3 aromatic rings. The summed E-state index contributed by atoms with van der Waals surface area (Å²) in [7, 11) is -7.66. The largest absolute Gasteiger partial charge is 0.280 e. The Kier molecular flexibility index (Phi) is 4.50. The van der Waals surface area contributed by atoms with Gasteiger partial charge >= 0.3 is 0 Å². The molecule has 0 spiro atoms. The third-order valence-electron chi connectivity index (χ3n) is 3.41. The third-order valence-corrected chi connectivity index (χ3v) is 5.90. The van der Waals surface area contributed by atoms with Gasteiger partial charge in [-0.1, -0.05) is 6.07 Å². The van der Waals surface area contributed by atoms with Crippen LogP contribution in [-0.2, 0) is 19.9 Å². The van der Waals surface area contributed by atoms with Crippen molar-refractivity contribution in [1.82, 2.24) is 14.8 Å². The molecule has 1 heterocycles. The van der Waals surface area contributed by atoms with E-state index in [9.17, 15) is 21.2 Å². The van der Waals surface area contributed by atoms with Gasteiger partial charge in [-0.25, -0.2) is 30.9 Å². The van der Waals surface area contributed by atoms with E-state index >= 15 is 0 Å². The molecule has 26 heavy (non-hydrogen) atoms. The molecule has 0 amide bonds. The topological polar surface area (TPSA) is 111 Å². The van der Waals surface area contributed by atoms with Gasteiger partial charge in [-0.3, -0.25) is 4.72 Å². The molecule has 3 rings (SSSR count). The molecule has 0 bridgehead atoms. The lowest BCUT2D eigenvalue weighted by Crippen LogP contribution is -2.14. The predicted molar refractivity (Wildman–Crippen MR) is 91.7 cm³/mol. The average molecular weight is 396 g/mol. The van der Waals surface area contributed by atoms with Gasteiger partial charge in [0.1, 0.15) is 18.3 Å². The highest BCUT2D eigenvalue weighted by Gasteiger charge is 2.18. The molecule has 0 aliphatic rings. The lowest BCUT2D eigenvalue weighted by molar-refractivity contribution is 0.599. The van der Waals surface area contributed by atoms with E-state index in [2.05, 4.69) is 14.8 Å². The van der Waals surface area contributed by atoms with E-state index < -0.39 is 25.7 Å². The molecule has 0 saturated carbocycles. The van der Waals surface area contributed by atoms with Crippen LogP contribution in [0, 0.1) is 5.82 Å². The first-order chi connectivity index (χ1) is 12.2. The van der Waals surface area contributed by atoms with Crippen molar-refractivity contribution in [3.63, 3.8) is 0 Å². The maximum Gasteiger partial charge on any atom is 0.261 e. The van der Waals surface area contributed by atoms with Crippen LogP contribution >= 0.6 is 0 Å². The molecule has 0 saturated heterocycles. The van der Waals surface area contributed by atoms with E-state index in [-0.39, 0.29) is 21.2 Å².